The highest BCUT2D eigenvalue weighted by Gasteiger charge is 2.04. The number of phenolic OH excluding ortho intramolecular Hbond substituents is 1. The molecular weight excluding hydrogens is 212 g/mol. The number of ether oxygens (including phenoxy) is 1. The van der Waals surface area contributed by atoms with Crippen molar-refractivity contribution in [1.82, 2.24) is 0 Å². The Hall–Kier alpha value is -2.22. The van der Waals surface area contributed by atoms with E-state index in [0.717, 1.165) is 22.4 Å². The number of phenols is 1. The molecule has 2 rings (SSSR count). The zero-order valence-electron chi connectivity index (χ0n) is 9.68. The molecule has 0 saturated carbocycles. The van der Waals surface area contributed by atoms with Gasteiger partial charge in [0.2, 0.25) is 0 Å². The maximum atomic E-state index is 9.27. The summed E-state index contributed by atoms with van der Waals surface area (Å²) in [6, 6.07) is 12.9. The molecule has 0 aliphatic rings. The maximum absolute atomic E-state index is 9.27. The predicted molar refractivity (Wildman–Crippen MR) is 70.2 cm³/mol. The highest BCUT2D eigenvalue weighted by molar-refractivity contribution is 5.76. The lowest BCUT2D eigenvalue weighted by molar-refractivity contribution is 0.415. The second-order valence-electron chi connectivity index (χ2n) is 3.70. The van der Waals surface area contributed by atoms with Gasteiger partial charge in [-0.15, -0.1) is 0 Å². The van der Waals surface area contributed by atoms with E-state index in [1.165, 1.54) is 0 Å². The highest BCUT2D eigenvalue weighted by Crippen LogP contribution is 2.29. The van der Waals surface area contributed by atoms with Crippen molar-refractivity contribution in [3.8, 4) is 22.6 Å². The summed E-state index contributed by atoms with van der Waals surface area (Å²) in [4.78, 5) is 0. The zero-order chi connectivity index (χ0) is 12.3. The number of hydrogen-bond acceptors (Lipinski definition) is 2. The molecular formula is C15H14O2. The smallest absolute Gasteiger partial charge is 0.119 e. The van der Waals surface area contributed by atoms with Crippen molar-refractivity contribution in [2.75, 3.05) is 7.11 Å². The summed E-state index contributed by atoms with van der Waals surface area (Å²) >= 11 is 0. The lowest BCUT2D eigenvalue weighted by Crippen LogP contribution is -1.87. The third kappa shape index (κ3) is 2.31. The van der Waals surface area contributed by atoms with Crippen molar-refractivity contribution in [3.63, 3.8) is 0 Å². The van der Waals surface area contributed by atoms with Crippen molar-refractivity contribution in [2.24, 2.45) is 0 Å². The van der Waals surface area contributed by atoms with Gasteiger partial charge in [-0.3, -0.25) is 0 Å². The van der Waals surface area contributed by atoms with Crippen LogP contribution in [0.25, 0.3) is 17.2 Å². The molecule has 0 atom stereocenters. The molecule has 2 nitrogen and oxygen atoms in total. The molecule has 1 N–H and O–H groups in total. The summed E-state index contributed by atoms with van der Waals surface area (Å²) < 4.78 is 5.18. The van der Waals surface area contributed by atoms with E-state index in [1.54, 1.807) is 25.3 Å². The van der Waals surface area contributed by atoms with Crippen LogP contribution in [0.5, 0.6) is 11.5 Å². The van der Waals surface area contributed by atoms with E-state index in [-0.39, 0.29) is 5.75 Å². The van der Waals surface area contributed by atoms with E-state index in [2.05, 4.69) is 6.58 Å². The average Bonchev–Trinajstić information content (AvgIpc) is 2.39. The molecule has 0 aromatic heterocycles. The molecule has 0 unspecified atom stereocenters. The minimum atomic E-state index is 0.266. The van der Waals surface area contributed by atoms with Gasteiger partial charge in [0.05, 0.1) is 7.11 Å². The molecule has 0 spiro atoms. The second-order valence-corrected chi connectivity index (χ2v) is 3.70. The Bertz CT molecular complexity index is 527. The summed E-state index contributed by atoms with van der Waals surface area (Å²) in [5.41, 5.74) is 3.12. The average molecular weight is 226 g/mol. The summed E-state index contributed by atoms with van der Waals surface area (Å²) in [5.74, 6) is 1.07. The highest BCUT2D eigenvalue weighted by atomic mass is 16.5. The first kappa shape index (κ1) is 11.3. The van der Waals surface area contributed by atoms with E-state index in [9.17, 15) is 5.11 Å². The van der Waals surface area contributed by atoms with Crippen LogP contribution in [-0.2, 0) is 0 Å². The van der Waals surface area contributed by atoms with E-state index in [0.29, 0.717) is 0 Å². The Morgan fingerprint density at radius 1 is 1.12 bits per heavy atom. The van der Waals surface area contributed by atoms with Gasteiger partial charge in [0.25, 0.3) is 0 Å². The van der Waals surface area contributed by atoms with Crippen LogP contribution in [0.3, 0.4) is 0 Å². The Morgan fingerprint density at radius 3 is 2.41 bits per heavy atom. The first-order chi connectivity index (χ1) is 8.24. The van der Waals surface area contributed by atoms with Crippen LogP contribution in [0.4, 0.5) is 0 Å². The first-order valence-corrected chi connectivity index (χ1v) is 5.34. The summed E-state index contributed by atoms with van der Waals surface area (Å²) in [6.45, 7) is 3.81. The quantitative estimate of drug-likeness (QED) is 0.864. The summed E-state index contributed by atoms with van der Waals surface area (Å²) in [7, 11) is 1.64. The maximum Gasteiger partial charge on any atom is 0.119 e. The lowest BCUT2D eigenvalue weighted by atomic mass is 9.99. The zero-order valence-corrected chi connectivity index (χ0v) is 9.68. The SMILES string of the molecule is C=Cc1cc(OC)ccc1-c1ccc(O)cc1. The van der Waals surface area contributed by atoms with Crippen molar-refractivity contribution < 1.29 is 9.84 Å². The molecule has 0 amide bonds. The topological polar surface area (TPSA) is 29.5 Å². The number of rotatable bonds is 3. The van der Waals surface area contributed by atoms with E-state index in [4.69, 9.17) is 4.74 Å². The summed E-state index contributed by atoms with van der Waals surface area (Å²) in [6.07, 6.45) is 1.80. The fourth-order valence-electron chi connectivity index (χ4n) is 1.74. The standard InChI is InChI=1S/C15H14O2/c1-3-11-10-14(17-2)8-9-15(11)12-4-6-13(16)7-5-12/h3-10,16H,1H2,2H3. The molecule has 2 aromatic rings. The van der Waals surface area contributed by atoms with Crippen molar-refractivity contribution in [1.29, 1.82) is 0 Å². The first-order valence-electron chi connectivity index (χ1n) is 5.34. The number of methoxy groups -OCH3 is 1. The molecule has 0 saturated heterocycles. The van der Waals surface area contributed by atoms with Crippen LogP contribution in [-0.4, -0.2) is 12.2 Å². The van der Waals surface area contributed by atoms with Gasteiger partial charge >= 0.3 is 0 Å². The molecule has 0 bridgehead atoms. The molecule has 86 valence electrons. The third-order valence-corrected chi connectivity index (χ3v) is 2.66. The van der Waals surface area contributed by atoms with Crippen LogP contribution >= 0.6 is 0 Å². The van der Waals surface area contributed by atoms with Crippen LogP contribution in [0, 0.1) is 0 Å². The Balaban J connectivity index is 2.51. The van der Waals surface area contributed by atoms with E-state index in [1.807, 2.05) is 30.3 Å². The second kappa shape index (κ2) is 4.74. The Labute approximate surface area is 101 Å². The fraction of sp³-hybridized carbons (Fsp3) is 0.0667. The fourth-order valence-corrected chi connectivity index (χ4v) is 1.74. The third-order valence-electron chi connectivity index (χ3n) is 2.66. The van der Waals surface area contributed by atoms with Crippen molar-refractivity contribution in [2.45, 2.75) is 0 Å². The number of hydrogen-bond donors (Lipinski definition) is 1. The van der Waals surface area contributed by atoms with Gasteiger partial charge in [0.1, 0.15) is 11.5 Å². The normalized spacial score (nSPS) is 9.94. The molecule has 2 heteroatoms. The molecule has 0 aliphatic heterocycles. The van der Waals surface area contributed by atoms with Gasteiger partial charge in [-0.25, -0.2) is 0 Å². The predicted octanol–water partition coefficient (Wildman–Crippen LogP) is 3.71. The molecule has 2 aromatic carbocycles. The Kier molecular flexibility index (Phi) is 3.15. The van der Waals surface area contributed by atoms with Crippen molar-refractivity contribution >= 4 is 6.08 Å². The number of benzene rings is 2. The van der Waals surface area contributed by atoms with E-state index < -0.39 is 0 Å². The van der Waals surface area contributed by atoms with Crippen LogP contribution < -0.4 is 4.74 Å². The molecule has 0 fully saturated rings. The minimum absolute atomic E-state index is 0.266. The largest absolute Gasteiger partial charge is 0.508 e. The van der Waals surface area contributed by atoms with Crippen LogP contribution in [0.2, 0.25) is 0 Å². The molecule has 17 heavy (non-hydrogen) atoms. The van der Waals surface area contributed by atoms with Crippen LogP contribution in [0.1, 0.15) is 5.56 Å². The van der Waals surface area contributed by atoms with Crippen molar-refractivity contribution in [3.05, 3.63) is 54.6 Å². The number of aromatic hydroxyl groups is 1. The molecule has 0 aliphatic carbocycles. The van der Waals surface area contributed by atoms with E-state index >= 15 is 0 Å². The molecule has 0 radical (unpaired) electrons. The van der Waals surface area contributed by atoms with Gasteiger partial charge in [-0.1, -0.05) is 30.9 Å². The summed E-state index contributed by atoms with van der Waals surface area (Å²) in [5, 5.41) is 9.27. The van der Waals surface area contributed by atoms with Gasteiger partial charge in [0.15, 0.2) is 0 Å². The van der Waals surface area contributed by atoms with Gasteiger partial charge in [-0.2, -0.15) is 0 Å². The van der Waals surface area contributed by atoms with Gasteiger partial charge < -0.3 is 9.84 Å². The van der Waals surface area contributed by atoms with Gasteiger partial charge in [-0.05, 0) is 41.0 Å². The molecule has 0 heterocycles. The lowest BCUT2D eigenvalue weighted by Gasteiger charge is -2.08. The monoisotopic (exact) mass is 226 g/mol. The minimum Gasteiger partial charge on any atom is -0.508 e. The van der Waals surface area contributed by atoms with Gasteiger partial charge in [0, 0.05) is 0 Å². The Morgan fingerprint density at radius 2 is 1.82 bits per heavy atom. The van der Waals surface area contributed by atoms with Crippen LogP contribution in [0.15, 0.2) is 49.0 Å².